The fourth-order valence-corrected chi connectivity index (χ4v) is 4.89. The van der Waals surface area contributed by atoms with Gasteiger partial charge in [-0.2, -0.15) is 0 Å². The fraction of sp³-hybridized carbons (Fsp3) is 0.448. The first kappa shape index (κ1) is 28.6. The molecule has 3 aromatic rings. The zero-order valence-electron chi connectivity index (χ0n) is 22.6. The Bertz CT molecular complexity index is 1260. The lowest BCUT2D eigenvalue weighted by molar-refractivity contribution is -0.105. The molecule has 2 N–H and O–H groups in total. The van der Waals surface area contributed by atoms with E-state index in [-0.39, 0.29) is 24.3 Å². The number of halogens is 3. The van der Waals surface area contributed by atoms with Crippen LogP contribution in [-0.2, 0) is 11.4 Å². The number of nitrogens with zero attached hydrogens (tertiary/aromatic N) is 4. The van der Waals surface area contributed by atoms with Gasteiger partial charge in [-0.3, -0.25) is 4.90 Å². The maximum atomic E-state index is 14.8. The normalized spacial score (nSPS) is 15.8. The van der Waals surface area contributed by atoms with E-state index in [4.69, 9.17) is 15.6 Å². The second-order valence-electron chi connectivity index (χ2n) is 11.0. The van der Waals surface area contributed by atoms with Crippen molar-refractivity contribution in [2.45, 2.75) is 52.4 Å². The van der Waals surface area contributed by atoms with Crippen LogP contribution in [0.1, 0.15) is 51.0 Å². The highest BCUT2D eigenvalue weighted by Crippen LogP contribution is 2.40. The lowest BCUT2D eigenvalue weighted by Gasteiger charge is -2.40. The van der Waals surface area contributed by atoms with E-state index in [1.165, 1.54) is 4.90 Å². The monoisotopic (exact) mass is 543 g/mol. The minimum atomic E-state index is -1.50. The molecule has 1 saturated heterocycles. The van der Waals surface area contributed by atoms with Crippen LogP contribution in [0.5, 0.6) is 0 Å². The van der Waals surface area contributed by atoms with Crippen molar-refractivity contribution in [1.29, 1.82) is 0 Å². The number of hydrogen-bond donors (Lipinski definition) is 1. The molecule has 1 amide bonds. The van der Waals surface area contributed by atoms with Crippen LogP contribution in [0, 0.1) is 17.0 Å². The minimum absolute atomic E-state index is 0.00718. The Morgan fingerprint density at radius 3 is 2.46 bits per heavy atom. The number of alkyl halides is 1. The van der Waals surface area contributed by atoms with Gasteiger partial charge >= 0.3 is 6.09 Å². The average Bonchev–Trinajstić information content (AvgIpc) is 3.55. The summed E-state index contributed by atoms with van der Waals surface area (Å²) in [5, 5.41) is 1.58. The number of amides is 1. The Morgan fingerprint density at radius 2 is 1.82 bits per heavy atom. The van der Waals surface area contributed by atoms with Crippen LogP contribution >= 0.6 is 0 Å². The van der Waals surface area contributed by atoms with Gasteiger partial charge < -0.3 is 15.1 Å². The van der Waals surface area contributed by atoms with Crippen molar-refractivity contribution in [3.05, 3.63) is 77.8 Å². The number of aromatic nitrogens is 2. The van der Waals surface area contributed by atoms with E-state index >= 15 is 0 Å². The molecule has 0 saturated carbocycles. The Morgan fingerprint density at radius 1 is 1.13 bits per heavy atom. The fourth-order valence-electron chi connectivity index (χ4n) is 4.89. The van der Waals surface area contributed by atoms with E-state index in [1.807, 2.05) is 51.1 Å². The van der Waals surface area contributed by atoms with Gasteiger partial charge in [0.25, 0.3) is 0 Å². The van der Waals surface area contributed by atoms with Gasteiger partial charge in [-0.05, 0) is 42.0 Å². The molecule has 0 aliphatic carbocycles. The molecule has 2 atom stereocenters. The van der Waals surface area contributed by atoms with Crippen molar-refractivity contribution in [2.24, 2.45) is 11.1 Å². The van der Waals surface area contributed by atoms with Gasteiger partial charge in [-0.15, -0.1) is 5.06 Å². The minimum Gasteiger partial charge on any atom is -0.351 e. The third-order valence-corrected chi connectivity index (χ3v) is 6.74. The van der Waals surface area contributed by atoms with E-state index in [9.17, 15) is 18.0 Å². The molecule has 0 bridgehead atoms. The molecular weight excluding hydrogens is 507 g/mol. The second-order valence-corrected chi connectivity index (χ2v) is 11.0. The number of carbonyl (C=O) groups excluding carboxylic acids is 1. The van der Waals surface area contributed by atoms with Gasteiger partial charge in [0, 0.05) is 37.9 Å². The number of hydroxylamine groups is 2. The predicted octanol–water partition coefficient (Wildman–Crippen LogP) is 5.71. The number of rotatable bonds is 9. The molecule has 0 spiro atoms. The lowest BCUT2D eigenvalue weighted by atomic mass is 9.84. The second kappa shape index (κ2) is 12.2. The molecule has 4 rings (SSSR count). The molecule has 1 aliphatic heterocycles. The van der Waals surface area contributed by atoms with Gasteiger partial charge in [-0.25, -0.2) is 22.9 Å². The summed E-state index contributed by atoms with van der Waals surface area (Å²) in [7, 11) is 0. The molecule has 1 fully saturated rings. The van der Waals surface area contributed by atoms with Gasteiger partial charge in [0.05, 0.1) is 18.3 Å². The summed E-state index contributed by atoms with van der Waals surface area (Å²) < 4.78 is 45.6. The van der Waals surface area contributed by atoms with Crippen LogP contribution in [0.4, 0.5) is 18.0 Å². The van der Waals surface area contributed by atoms with Gasteiger partial charge in [0.15, 0.2) is 0 Å². The highest BCUT2D eigenvalue weighted by Gasteiger charge is 2.41. The molecule has 2 heterocycles. The number of carbonyl (C=O) groups is 1. The van der Waals surface area contributed by atoms with Crippen LogP contribution in [0.25, 0.3) is 11.3 Å². The molecular formula is C29H36F3N5O2. The smallest absolute Gasteiger partial charge is 0.351 e. The van der Waals surface area contributed by atoms with Crippen molar-refractivity contribution in [1.82, 2.24) is 19.5 Å². The van der Waals surface area contributed by atoms with E-state index in [2.05, 4.69) is 0 Å². The van der Waals surface area contributed by atoms with E-state index in [1.54, 1.807) is 15.8 Å². The molecule has 7 nitrogen and oxygen atoms in total. The Labute approximate surface area is 227 Å². The summed E-state index contributed by atoms with van der Waals surface area (Å²) in [4.78, 5) is 25.3. The van der Waals surface area contributed by atoms with Crippen LogP contribution in [0.15, 0.2) is 54.7 Å². The summed E-state index contributed by atoms with van der Waals surface area (Å²) in [6, 6.07) is 12.0. The summed E-state index contributed by atoms with van der Waals surface area (Å²) >= 11 is 0. The molecule has 0 unspecified atom stereocenters. The van der Waals surface area contributed by atoms with Crippen molar-refractivity contribution >= 4 is 6.09 Å². The molecule has 1 aromatic heterocycles. The molecule has 0 radical (unpaired) electrons. The maximum Gasteiger partial charge on any atom is 0.429 e. The number of hydrogen-bond acceptors (Lipinski definition) is 5. The summed E-state index contributed by atoms with van der Waals surface area (Å²) in [5.41, 5.74) is 6.09. The number of benzene rings is 2. The zero-order chi connectivity index (χ0) is 28.2. The molecule has 39 heavy (non-hydrogen) atoms. The van der Waals surface area contributed by atoms with Crippen LogP contribution < -0.4 is 5.73 Å². The van der Waals surface area contributed by atoms with Crippen molar-refractivity contribution in [2.75, 3.05) is 26.2 Å². The van der Waals surface area contributed by atoms with E-state index < -0.39 is 35.4 Å². The number of nitrogens with two attached hydrogens (primary N) is 1. The van der Waals surface area contributed by atoms with Gasteiger partial charge in [0.2, 0.25) is 0 Å². The van der Waals surface area contributed by atoms with Crippen molar-refractivity contribution < 1.29 is 22.8 Å². The largest absolute Gasteiger partial charge is 0.429 e. The predicted molar refractivity (Wildman–Crippen MR) is 143 cm³/mol. The van der Waals surface area contributed by atoms with Crippen LogP contribution in [0.3, 0.4) is 0 Å². The third kappa shape index (κ3) is 6.99. The molecule has 1 aliphatic rings. The average molecular weight is 544 g/mol. The number of imidazole rings is 1. The molecule has 10 heteroatoms. The highest BCUT2D eigenvalue weighted by molar-refractivity contribution is 5.68. The van der Waals surface area contributed by atoms with Crippen LogP contribution in [-0.4, -0.2) is 58.0 Å². The topological polar surface area (TPSA) is 76.6 Å². The van der Waals surface area contributed by atoms with E-state index in [0.29, 0.717) is 25.5 Å². The van der Waals surface area contributed by atoms with Crippen LogP contribution in [0.2, 0.25) is 0 Å². The Balaban J connectivity index is 1.84. The zero-order valence-corrected chi connectivity index (χ0v) is 22.6. The van der Waals surface area contributed by atoms with Gasteiger partial charge in [-0.1, -0.05) is 51.1 Å². The first-order chi connectivity index (χ1) is 18.6. The molecule has 210 valence electrons. The highest BCUT2D eigenvalue weighted by atomic mass is 19.1. The summed E-state index contributed by atoms with van der Waals surface area (Å²) in [6.45, 7) is 6.68. The summed E-state index contributed by atoms with van der Waals surface area (Å²) in [6.07, 6.45) is 1.22. The Kier molecular flexibility index (Phi) is 8.97. The van der Waals surface area contributed by atoms with Crippen molar-refractivity contribution in [3.63, 3.8) is 0 Å². The first-order valence-corrected chi connectivity index (χ1v) is 13.2. The summed E-state index contributed by atoms with van der Waals surface area (Å²) in [5.74, 6) is -0.832. The molecule has 2 aromatic carbocycles. The standard InChI is InChI=1S/C29H36F3N5O2/c1-29(2,3)26(37(18-22(31)16-33)28(38)39-36-13-7-8-14-36)27-34-25(23-15-21(30)11-12-24(23)32)19-35(27)17-20-9-5-4-6-10-20/h4-6,9-12,15,19,22,26H,7-8,13-14,16-18,33H2,1-3H3/t22-,26-/m0/s1. The maximum absolute atomic E-state index is 14.8. The van der Waals surface area contributed by atoms with Gasteiger partial charge in [0.1, 0.15) is 23.6 Å². The lowest BCUT2D eigenvalue weighted by Crippen LogP contribution is -2.48. The van der Waals surface area contributed by atoms with Crippen molar-refractivity contribution in [3.8, 4) is 11.3 Å². The SMILES string of the molecule is CC(C)(C)[C@H](c1nc(-c2cc(F)ccc2F)cn1Cc1ccccc1)N(C[C@@H](F)CN)C(=O)ON1CCCC1. The van der Waals surface area contributed by atoms with E-state index in [0.717, 1.165) is 36.6 Å². The quantitative estimate of drug-likeness (QED) is 0.374. The Hall–Kier alpha value is -3.37. The first-order valence-electron chi connectivity index (χ1n) is 13.2. The third-order valence-electron chi connectivity index (χ3n) is 6.74.